The third kappa shape index (κ3) is 9.33. The number of aliphatic imine (C=N–C) groups is 1. The molecule has 0 aromatic heterocycles. The number of benzene rings is 1. The van der Waals surface area contributed by atoms with Crippen LogP contribution in [0.2, 0.25) is 0 Å². The Kier molecular flexibility index (Phi) is 12.9. The van der Waals surface area contributed by atoms with Gasteiger partial charge in [-0.2, -0.15) is 0 Å². The predicted molar refractivity (Wildman–Crippen MR) is 130 cm³/mol. The fraction of sp³-hybridized carbons (Fsp3) is 0.636. The van der Waals surface area contributed by atoms with E-state index in [2.05, 4.69) is 47.1 Å². The van der Waals surface area contributed by atoms with Crippen molar-refractivity contribution in [3.63, 3.8) is 0 Å². The van der Waals surface area contributed by atoms with E-state index >= 15 is 0 Å². The first kappa shape index (κ1) is 25.7. The van der Waals surface area contributed by atoms with Gasteiger partial charge >= 0.3 is 0 Å². The van der Waals surface area contributed by atoms with Gasteiger partial charge in [0.2, 0.25) is 5.91 Å². The van der Waals surface area contributed by atoms with Crippen LogP contribution in [-0.2, 0) is 9.53 Å². The highest BCUT2D eigenvalue weighted by Crippen LogP contribution is 2.33. The van der Waals surface area contributed by atoms with E-state index in [-0.39, 0.29) is 36.0 Å². The number of hydrogen-bond donors (Lipinski definition) is 3. The van der Waals surface area contributed by atoms with E-state index in [1.165, 1.54) is 11.1 Å². The molecule has 1 aliphatic heterocycles. The van der Waals surface area contributed by atoms with Crippen LogP contribution in [0.4, 0.5) is 0 Å². The fourth-order valence-electron chi connectivity index (χ4n) is 3.35. The Hall–Kier alpha value is -1.35. The molecule has 3 N–H and O–H groups in total. The zero-order valence-electron chi connectivity index (χ0n) is 18.0. The first-order valence-corrected chi connectivity index (χ1v) is 10.6. The van der Waals surface area contributed by atoms with Crippen LogP contribution in [-0.4, -0.2) is 44.7 Å². The highest BCUT2D eigenvalue weighted by atomic mass is 127. The molecule has 1 heterocycles. The van der Waals surface area contributed by atoms with Crippen LogP contribution in [0.15, 0.2) is 29.3 Å². The molecule has 6 nitrogen and oxygen atoms in total. The summed E-state index contributed by atoms with van der Waals surface area (Å²) < 4.78 is 6.10. The van der Waals surface area contributed by atoms with Crippen molar-refractivity contribution in [1.82, 2.24) is 16.0 Å². The predicted octanol–water partition coefficient (Wildman–Crippen LogP) is 3.55. The van der Waals surface area contributed by atoms with Gasteiger partial charge in [0.05, 0.1) is 6.10 Å². The van der Waals surface area contributed by atoms with Crippen molar-refractivity contribution < 1.29 is 9.53 Å². The van der Waals surface area contributed by atoms with E-state index in [0.717, 1.165) is 44.9 Å². The van der Waals surface area contributed by atoms with Crippen LogP contribution >= 0.6 is 24.0 Å². The van der Waals surface area contributed by atoms with Crippen LogP contribution in [0.25, 0.3) is 0 Å². The van der Waals surface area contributed by atoms with E-state index in [1.807, 2.05) is 13.8 Å². The number of carbonyl (C=O) groups is 1. The SMILES string of the molecule is CCCNC(=O)CCNC(=NCC1CCCOC1c1ccc(C)cc1)NCC.I. The number of aryl methyl sites for hydroxylation is 1. The number of guanidine groups is 1. The van der Waals surface area contributed by atoms with Gasteiger partial charge in [0.15, 0.2) is 5.96 Å². The second-order valence-electron chi connectivity index (χ2n) is 7.35. The Morgan fingerprint density at radius 3 is 2.59 bits per heavy atom. The molecule has 1 aromatic carbocycles. The maximum Gasteiger partial charge on any atom is 0.221 e. The number of rotatable bonds is 9. The monoisotopic (exact) mass is 516 g/mol. The van der Waals surface area contributed by atoms with Crippen LogP contribution in [0.3, 0.4) is 0 Å². The van der Waals surface area contributed by atoms with Crippen LogP contribution in [0.1, 0.15) is 56.8 Å². The van der Waals surface area contributed by atoms with E-state index in [0.29, 0.717) is 25.4 Å². The van der Waals surface area contributed by atoms with E-state index in [9.17, 15) is 4.79 Å². The number of hydrogen-bond acceptors (Lipinski definition) is 3. The lowest BCUT2D eigenvalue weighted by molar-refractivity contribution is -0.120. The number of amides is 1. The highest BCUT2D eigenvalue weighted by Gasteiger charge is 2.27. The molecular formula is C22H37IN4O2. The van der Waals surface area contributed by atoms with E-state index < -0.39 is 0 Å². The summed E-state index contributed by atoms with van der Waals surface area (Å²) in [5, 5.41) is 9.43. The summed E-state index contributed by atoms with van der Waals surface area (Å²) in [6.45, 7) is 9.80. The number of ether oxygens (including phenoxy) is 1. The summed E-state index contributed by atoms with van der Waals surface area (Å²) >= 11 is 0. The zero-order chi connectivity index (χ0) is 20.2. The minimum atomic E-state index is 0. The summed E-state index contributed by atoms with van der Waals surface area (Å²) in [4.78, 5) is 16.5. The number of carbonyl (C=O) groups excluding carboxylic acids is 1. The summed E-state index contributed by atoms with van der Waals surface area (Å²) in [6, 6.07) is 8.62. The van der Waals surface area contributed by atoms with Gasteiger partial charge in [0.1, 0.15) is 0 Å². The van der Waals surface area contributed by atoms with Crippen molar-refractivity contribution in [1.29, 1.82) is 0 Å². The minimum Gasteiger partial charge on any atom is -0.373 e. The molecule has 0 saturated carbocycles. The van der Waals surface area contributed by atoms with Crippen molar-refractivity contribution in [2.45, 2.75) is 52.6 Å². The van der Waals surface area contributed by atoms with Gasteiger partial charge in [-0.3, -0.25) is 9.79 Å². The quantitative estimate of drug-likeness (QED) is 0.267. The number of halogens is 1. The molecule has 2 unspecified atom stereocenters. The fourth-order valence-corrected chi connectivity index (χ4v) is 3.35. The Morgan fingerprint density at radius 1 is 1.14 bits per heavy atom. The maximum atomic E-state index is 11.7. The van der Waals surface area contributed by atoms with Gasteiger partial charge in [-0.1, -0.05) is 36.8 Å². The van der Waals surface area contributed by atoms with Crippen LogP contribution in [0, 0.1) is 12.8 Å². The van der Waals surface area contributed by atoms with Crippen molar-refractivity contribution in [3.8, 4) is 0 Å². The topological polar surface area (TPSA) is 74.8 Å². The number of nitrogens with zero attached hydrogens (tertiary/aromatic N) is 1. The molecule has 1 saturated heterocycles. The number of nitrogens with one attached hydrogen (secondary N) is 3. The molecule has 29 heavy (non-hydrogen) atoms. The van der Waals surface area contributed by atoms with Crippen molar-refractivity contribution in [3.05, 3.63) is 35.4 Å². The van der Waals surface area contributed by atoms with Gasteiger partial charge in [0.25, 0.3) is 0 Å². The van der Waals surface area contributed by atoms with Gasteiger partial charge in [-0.25, -0.2) is 0 Å². The lowest BCUT2D eigenvalue weighted by atomic mass is 9.89. The molecule has 1 aliphatic rings. The molecule has 0 bridgehead atoms. The molecule has 0 aliphatic carbocycles. The molecule has 2 rings (SSSR count). The second kappa shape index (κ2) is 14.6. The molecule has 0 radical (unpaired) electrons. The largest absolute Gasteiger partial charge is 0.373 e. The molecule has 0 spiro atoms. The van der Waals surface area contributed by atoms with Crippen LogP contribution in [0.5, 0.6) is 0 Å². The normalized spacial score (nSPS) is 19.2. The smallest absolute Gasteiger partial charge is 0.221 e. The molecule has 164 valence electrons. The molecule has 7 heteroatoms. The molecule has 1 fully saturated rings. The Balaban J connectivity index is 0.00000420. The summed E-state index contributed by atoms with van der Waals surface area (Å²) in [5.41, 5.74) is 2.49. The van der Waals surface area contributed by atoms with Gasteiger partial charge in [0, 0.05) is 45.1 Å². The molecular weight excluding hydrogens is 479 g/mol. The summed E-state index contributed by atoms with van der Waals surface area (Å²) in [6.07, 6.45) is 3.68. The minimum absolute atomic E-state index is 0. The average molecular weight is 516 g/mol. The van der Waals surface area contributed by atoms with Gasteiger partial charge in [-0.15, -0.1) is 24.0 Å². The lowest BCUT2D eigenvalue weighted by Gasteiger charge is -2.31. The zero-order valence-corrected chi connectivity index (χ0v) is 20.3. The Labute approximate surface area is 192 Å². The van der Waals surface area contributed by atoms with Gasteiger partial charge < -0.3 is 20.7 Å². The van der Waals surface area contributed by atoms with E-state index in [1.54, 1.807) is 0 Å². The molecule has 1 amide bonds. The molecule has 2 atom stereocenters. The maximum absolute atomic E-state index is 11.7. The van der Waals surface area contributed by atoms with Crippen molar-refractivity contribution >= 4 is 35.8 Å². The first-order chi connectivity index (χ1) is 13.6. The van der Waals surface area contributed by atoms with E-state index in [4.69, 9.17) is 9.73 Å². The van der Waals surface area contributed by atoms with Gasteiger partial charge in [-0.05, 0) is 38.7 Å². The van der Waals surface area contributed by atoms with Crippen molar-refractivity contribution in [2.24, 2.45) is 10.9 Å². The Morgan fingerprint density at radius 2 is 1.90 bits per heavy atom. The third-order valence-corrected chi connectivity index (χ3v) is 4.90. The Bertz CT molecular complexity index is 622. The summed E-state index contributed by atoms with van der Waals surface area (Å²) in [7, 11) is 0. The lowest BCUT2D eigenvalue weighted by Crippen LogP contribution is -2.40. The second-order valence-corrected chi connectivity index (χ2v) is 7.35. The first-order valence-electron chi connectivity index (χ1n) is 10.6. The standard InChI is InChI=1S/C22H36N4O2.HI/c1-4-13-24-20(27)12-14-25-22(23-5-2)26-16-19-7-6-15-28-21(19)18-10-8-17(3)9-11-18;/h8-11,19,21H,4-7,12-16H2,1-3H3,(H,24,27)(H2,23,25,26);1H. The van der Waals surface area contributed by atoms with Crippen molar-refractivity contribution in [2.75, 3.05) is 32.8 Å². The summed E-state index contributed by atoms with van der Waals surface area (Å²) in [5.74, 6) is 1.20. The average Bonchev–Trinajstić information content (AvgIpc) is 2.71. The van der Waals surface area contributed by atoms with Crippen LogP contribution < -0.4 is 16.0 Å². The molecule has 1 aromatic rings. The third-order valence-electron chi connectivity index (χ3n) is 4.90. The highest BCUT2D eigenvalue weighted by molar-refractivity contribution is 14.0.